The van der Waals surface area contributed by atoms with E-state index in [2.05, 4.69) is 5.32 Å². The van der Waals surface area contributed by atoms with E-state index in [-0.39, 0.29) is 42.8 Å². The minimum atomic E-state index is -5.11. The van der Waals surface area contributed by atoms with Crippen LogP contribution in [0.3, 0.4) is 0 Å². The van der Waals surface area contributed by atoms with Crippen LogP contribution in [0.15, 0.2) is 18.2 Å². The van der Waals surface area contributed by atoms with Crippen molar-refractivity contribution < 1.29 is 44.3 Å². The zero-order valence-electron chi connectivity index (χ0n) is 14.9. The topological polar surface area (TPSA) is 83.6 Å². The van der Waals surface area contributed by atoms with E-state index in [1.807, 2.05) is 0 Å². The second-order valence-corrected chi connectivity index (χ2v) is 8.77. The molecular formula is C16H16F6N2O4S. The van der Waals surface area contributed by atoms with Gasteiger partial charge in [0, 0.05) is 18.7 Å². The van der Waals surface area contributed by atoms with Crippen molar-refractivity contribution in [3.63, 3.8) is 0 Å². The number of carbonyl (C=O) groups excluding carboxylic acids is 2. The van der Waals surface area contributed by atoms with Crippen molar-refractivity contribution in [2.24, 2.45) is 0 Å². The zero-order valence-corrected chi connectivity index (χ0v) is 15.7. The number of hydrogen-bond acceptors (Lipinski definition) is 4. The van der Waals surface area contributed by atoms with Gasteiger partial charge in [0.2, 0.25) is 5.91 Å². The van der Waals surface area contributed by atoms with Crippen molar-refractivity contribution in [1.29, 1.82) is 0 Å². The number of sulfone groups is 1. The van der Waals surface area contributed by atoms with Gasteiger partial charge in [-0.3, -0.25) is 9.59 Å². The first kappa shape index (κ1) is 23.0. The summed E-state index contributed by atoms with van der Waals surface area (Å²) in [7, 11) is -3.27. The summed E-state index contributed by atoms with van der Waals surface area (Å²) in [4.78, 5) is 25.6. The molecule has 1 aromatic rings. The maximum atomic E-state index is 12.9. The second kappa shape index (κ2) is 7.84. The van der Waals surface area contributed by atoms with Gasteiger partial charge in [-0.1, -0.05) is 0 Å². The molecule has 1 aromatic carbocycles. The van der Waals surface area contributed by atoms with Crippen molar-refractivity contribution in [3.05, 3.63) is 34.9 Å². The molecule has 0 aliphatic carbocycles. The van der Waals surface area contributed by atoms with E-state index in [1.54, 1.807) is 0 Å². The van der Waals surface area contributed by atoms with E-state index >= 15 is 0 Å². The number of carbonyl (C=O) groups is 2. The number of benzene rings is 1. The van der Waals surface area contributed by atoms with Gasteiger partial charge in [-0.15, -0.1) is 0 Å². The molecule has 29 heavy (non-hydrogen) atoms. The molecule has 1 N–H and O–H groups in total. The van der Waals surface area contributed by atoms with E-state index in [4.69, 9.17) is 0 Å². The van der Waals surface area contributed by atoms with Gasteiger partial charge in [-0.05, 0) is 25.1 Å². The van der Waals surface area contributed by atoms with Crippen LogP contribution in [0.5, 0.6) is 0 Å². The largest absolute Gasteiger partial charge is 0.416 e. The summed E-state index contributed by atoms with van der Waals surface area (Å²) in [6.45, 7) is 0.952. The van der Waals surface area contributed by atoms with Gasteiger partial charge < -0.3 is 10.2 Å². The molecule has 2 amide bonds. The number of nitrogens with zero attached hydrogens (tertiary/aromatic N) is 1. The van der Waals surface area contributed by atoms with Crippen molar-refractivity contribution in [2.45, 2.75) is 25.3 Å². The van der Waals surface area contributed by atoms with Crippen LogP contribution in [0, 0.1) is 0 Å². The summed E-state index contributed by atoms with van der Waals surface area (Å²) in [6.07, 6.45) is -10.2. The van der Waals surface area contributed by atoms with Crippen LogP contribution in [-0.4, -0.2) is 55.8 Å². The lowest BCUT2D eigenvalue weighted by atomic mass is 10.0. The maximum absolute atomic E-state index is 12.9. The van der Waals surface area contributed by atoms with Gasteiger partial charge in [0.15, 0.2) is 9.84 Å². The van der Waals surface area contributed by atoms with E-state index < -0.39 is 56.7 Å². The molecule has 6 nitrogen and oxygen atoms in total. The molecule has 1 fully saturated rings. The van der Waals surface area contributed by atoms with Crippen LogP contribution >= 0.6 is 0 Å². The predicted octanol–water partition coefficient (Wildman–Crippen LogP) is 2.10. The number of amides is 2. The van der Waals surface area contributed by atoms with E-state index in [1.165, 1.54) is 6.92 Å². The number of nitrogens with one attached hydrogen (secondary N) is 1. The minimum absolute atomic E-state index is 0.112. The molecule has 0 bridgehead atoms. The summed E-state index contributed by atoms with van der Waals surface area (Å²) >= 11 is 0. The molecule has 1 aliphatic heterocycles. The fourth-order valence-corrected chi connectivity index (χ4v) is 3.84. The van der Waals surface area contributed by atoms with Crippen LogP contribution in [0.2, 0.25) is 0 Å². The van der Waals surface area contributed by atoms with Gasteiger partial charge in [0.05, 0.1) is 22.6 Å². The SMILES string of the molecule is CC(NC(=O)c1cc(C(F)(F)F)cc(C(F)(F)F)c1)C(=O)N1CCS(=O)(=O)CC1. The van der Waals surface area contributed by atoms with Crippen LogP contribution in [0.1, 0.15) is 28.4 Å². The van der Waals surface area contributed by atoms with Gasteiger partial charge in [-0.2, -0.15) is 26.3 Å². The van der Waals surface area contributed by atoms with Crippen molar-refractivity contribution in [3.8, 4) is 0 Å². The van der Waals surface area contributed by atoms with Crippen LogP contribution < -0.4 is 5.32 Å². The Morgan fingerprint density at radius 1 is 0.966 bits per heavy atom. The molecule has 2 rings (SSSR count). The van der Waals surface area contributed by atoms with Gasteiger partial charge in [0.25, 0.3) is 5.91 Å². The van der Waals surface area contributed by atoms with Gasteiger partial charge in [-0.25, -0.2) is 8.42 Å². The Bertz CT molecular complexity index is 865. The molecule has 0 spiro atoms. The Morgan fingerprint density at radius 3 is 1.83 bits per heavy atom. The third-order valence-corrected chi connectivity index (χ3v) is 5.83. The van der Waals surface area contributed by atoms with Crippen molar-refractivity contribution in [1.82, 2.24) is 10.2 Å². The lowest BCUT2D eigenvalue weighted by molar-refractivity contribution is -0.143. The van der Waals surface area contributed by atoms with E-state index in [0.717, 1.165) is 4.90 Å². The highest BCUT2D eigenvalue weighted by Gasteiger charge is 2.38. The quantitative estimate of drug-likeness (QED) is 0.721. The van der Waals surface area contributed by atoms with Crippen LogP contribution in [0.4, 0.5) is 26.3 Å². The Balaban J connectivity index is 2.20. The third kappa shape index (κ3) is 5.84. The van der Waals surface area contributed by atoms with Crippen molar-refractivity contribution in [2.75, 3.05) is 24.6 Å². The molecule has 0 aromatic heterocycles. The number of alkyl halides is 6. The van der Waals surface area contributed by atoms with Gasteiger partial charge >= 0.3 is 12.4 Å². The molecule has 1 aliphatic rings. The lowest BCUT2D eigenvalue weighted by Crippen LogP contribution is -2.51. The minimum Gasteiger partial charge on any atom is -0.341 e. The fourth-order valence-electron chi connectivity index (χ4n) is 2.63. The Morgan fingerprint density at radius 2 is 1.41 bits per heavy atom. The first-order chi connectivity index (χ1) is 13.1. The monoisotopic (exact) mass is 446 g/mol. The summed E-state index contributed by atoms with van der Waals surface area (Å²) in [5.74, 6) is -2.55. The molecule has 13 heteroatoms. The molecule has 1 saturated heterocycles. The molecular weight excluding hydrogens is 430 g/mol. The first-order valence-electron chi connectivity index (χ1n) is 8.20. The molecule has 1 atom stereocenters. The van der Waals surface area contributed by atoms with Gasteiger partial charge in [0.1, 0.15) is 6.04 Å². The zero-order chi connectivity index (χ0) is 22.2. The standard InChI is InChI=1S/C16H16F6N2O4S/c1-9(14(26)24-2-4-29(27,28)5-3-24)23-13(25)10-6-11(15(17,18)19)8-12(7-10)16(20,21)22/h6-9H,2-5H2,1H3,(H,23,25). The highest BCUT2D eigenvalue weighted by atomic mass is 32.2. The molecule has 162 valence electrons. The number of hydrogen-bond donors (Lipinski definition) is 1. The highest BCUT2D eigenvalue weighted by molar-refractivity contribution is 7.91. The predicted molar refractivity (Wildman–Crippen MR) is 88.6 cm³/mol. The smallest absolute Gasteiger partial charge is 0.341 e. The molecule has 0 radical (unpaired) electrons. The average Bonchev–Trinajstić information content (AvgIpc) is 2.59. The van der Waals surface area contributed by atoms with Crippen LogP contribution in [-0.2, 0) is 27.0 Å². The molecule has 1 unspecified atom stereocenters. The Labute approximate surface area is 161 Å². The fraction of sp³-hybridized carbons (Fsp3) is 0.500. The maximum Gasteiger partial charge on any atom is 0.416 e. The third-order valence-electron chi connectivity index (χ3n) is 4.22. The first-order valence-corrected chi connectivity index (χ1v) is 10.0. The Kier molecular flexibility index (Phi) is 6.21. The molecule has 0 saturated carbocycles. The Hall–Kier alpha value is -2.31. The number of rotatable bonds is 3. The number of halogens is 6. The normalized spacial score (nSPS) is 18.2. The summed E-state index contributed by atoms with van der Waals surface area (Å²) in [6, 6.07) is -0.878. The van der Waals surface area contributed by atoms with E-state index in [9.17, 15) is 44.3 Å². The molecule has 1 heterocycles. The second-order valence-electron chi connectivity index (χ2n) is 6.47. The summed E-state index contributed by atoms with van der Waals surface area (Å²) < 4.78 is 100. The summed E-state index contributed by atoms with van der Waals surface area (Å²) in [5.41, 5.74) is -4.22. The van der Waals surface area contributed by atoms with Crippen molar-refractivity contribution >= 4 is 21.7 Å². The lowest BCUT2D eigenvalue weighted by Gasteiger charge is -2.29. The highest BCUT2D eigenvalue weighted by Crippen LogP contribution is 2.36. The summed E-state index contributed by atoms with van der Waals surface area (Å²) in [5, 5.41) is 2.06. The van der Waals surface area contributed by atoms with E-state index in [0.29, 0.717) is 0 Å². The average molecular weight is 446 g/mol. The van der Waals surface area contributed by atoms with Crippen LogP contribution in [0.25, 0.3) is 0 Å².